The number of hydrogen-bond acceptors (Lipinski definition) is 2. The van der Waals surface area contributed by atoms with E-state index in [0.717, 1.165) is 18.5 Å². The van der Waals surface area contributed by atoms with Crippen molar-refractivity contribution in [1.82, 2.24) is 9.78 Å². The highest BCUT2D eigenvalue weighted by Crippen LogP contribution is 2.09. The Hall–Kier alpha value is -1.38. The van der Waals surface area contributed by atoms with E-state index >= 15 is 0 Å². The number of carbonyl (C=O) groups is 1. The Bertz CT molecular complexity index is 366. The van der Waals surface area contributed by atoms with Crippen molar-refractivity contribution in [2.75, 3.05) is 0 Å². The summed E-state index contributed by atoms with van der Waals surface area (Å²) in [4.78, 5) is 11.5. The molecule has 0 aliphatic heterocycles. The molecule has 0 radical (unpaired) electrons. The van der Waals surface area contributed by atoms with Crippen LogP contribution in [-0.4, -0.2) is 15.6 Å². The van der Waals surface area contributed by atoms with Gasteiger partial charge in [-0.1, -0.05) is 19.9 Å². The average molecular weight is 220 g/mol. The SMILES string of the molecule is CC/C=C/C(=O)Cc1ccn(C(C)CC)n1. The third-order valence-electron chi connectivity index (χ3n) is 2.60. The molecular weight excluding hydrogens is 200 g/mol. The summed E-state index contributed by atoms with van der Waals surface area (Å²) in [6, 6.07) is 2.32. The minimum atomic E-state index is 0.122. The maximum atomic E-state index is 11.5. The van der Waals surface area contributed by atoms with Gasteiger partial charge in [0.15, 0.2) is 5.78 Å². The van der Waals surface area contributed by atoms with E-state index < -0.39 is 0 Å². The lowest BCUT2D eigenvalue weighted by molar-refractivity contribution is -0.114. The van der Waals surface area contributed by atoms with Crippen LogP contribution in [0.1, 0.15) is 45.3 Å². The summed E-state index contributed by atoms with van der Waals surface area (Å²) in [5, 5.41) is 4.39. The van der Waals surface area contributed by atoms with E-state index in [0.29, 0.717) is 12.5 Å². The summed E-state index contributed by atoms with van der Waals surface area (Å²) in [7, 11) is 0. The molecule has 0 aromatic carbocycles. The van der Waals surface area contributed by atoms with Crippen LogP contribution in [0.3, 0.4) is 0 Å². The monoisotopic (exact) mass is 220 g/mol. The van der Waals surface area contributed by atoms with E-state index in [-0.39, 0.29) is 5.78 Å². The van der Waals surface area contributed by atoms with E-state index in [4.69, 9.17) is 0 Å². The van der Waals surface area contributed by atoms with Crippen LogP contribution in [0.15, 0.2) is 24.4 Å². The predicted molar refractivity (Wildman–Crippen MR) is 65.4 cm³/mol. The molecule has 0 aliphatic rings. The largest absolute Gasteiger partial charge is 0.294 e. The number of hydrogen-bond donors (Lipinski definition) is 0. The molecule has 3 nitrogen and oxygen atoms in total. The Morgan fingerprint density at radius 2 is 2.31 bits per heavy atom. The van der Waals surface area contributed by atoms with E-state index in [1.165, 1.54) is 0 Å². The van der Waals surface area contributed by atoms with E-state index in [1.54, 1.807) is 6.08 Å². The zero-order valence-electron chi connectivity index (χ0n) is 10.3. The minimum absolute atomic E-state index is 0.122. The van der Waals surface area contributed by atoms with Gasteiger partial charge in [-0.3, -0.25) is 9.48 Å². The second-order valence-electron chi connectivity index (χ2n) is 4.00. The Kier molecular flexibility index (Phi) is 4.96. The van der Waals surface area contributed by atoms with Gasteiger partial charge in [-0.25, -0.2) is 0 Å². The number of ketones is 1. The zero-order valence-corrected chi connectivity index (χ0v) is 10.3. The highest BCUT2D eigenvalue weighted by Gasteiger charge is 2.06. The first-order valence-corrected chi connectivity index (χ1v) is 5.90. The van der Waals surface area contributed by atoms with Crippen molar-refractivity contribution in [3.8, 4) is 0 Å². The Labute approximate surface area is 97.2 Å². The first-order chi connectivity index (χ1) is 7.67. The predicted octanol–water partition coefficient (Wildman–Crippen LogP) is 2.93. The van der Waals surface area contributed by atoms with Crippen molar-refractivity contribution < 1.29 is 4.79 Å². The van der Waals surface area contributed by atoms with Gasteiger partial charge in [0.05, 0.1) is 12.1 Å². The quantitative estimate of drug-likeness (QED) is 0.691. The number of carbonyl (C=O) groups excluding carboxylic acids is 1. The molecular formula is C13H20N2O. The second kappa shape index (κ2) is 6.26. The molecule has 0 N–H and O–H groups in total. The van der Waals surface area contributed by atoms with Crippen molar-refractivity contribution in [1.29, 1.82) is 0 Å². The second-order valence-corrected chi connectivity index (χ2v) is 4.00. The fourth-order valence-corrected chi connectivity index (χ4v) is 1.39. The molecule has 0 bridgehead atoms. The highest BCUT2D eigenvalue weighted by atomic mass is 16.1. The van der Waals surface area contributed by atoms with Gasteiger partial charge in [-0.15, -0.1) is 0 Å². The van der Waals surface area contributed by atoms with Crippen molar-refractivity contribution in [2.24, 2.45) is 0 Å². The van der Waals surface area contributed by atoms with Crippen LogP contribution >= 0.6 is 0 Å². The average Bonchev–Trinajstić information content (AvgIpc) is 2.73. The van der Waals surface area contributed by atoms with Gasteiger partial charge in [-0.2, -0.15) is 5.10 Å². The lowest BCUT2D eigenvalue weighted by Crippen LogP contribution is -2.06. The van der Waals surface area contributed by atoms with Gasteiger partial charge in [0, 0.05) is 12.2 Å². The van der Waals surface area contributed by atoms with Gasteiger partial charge in [0.25, 0.3) is 0 Å². The van der Waals surface area contributed by atoms with E-state index in [9.17, 15) is 4.79 Å². The van der Waals surface area contributed by atoms with Gasteiger partial charge < -0.3 is 0 Å². The van der Waals surface area contributed by atoms with Crippen molar-refractivity contribution in [3.63, 3.8) is 0 Å². The summed E-state index contributed by atoms with van der Waals surface area (Å²) in [5.74, 6) is 0.122. The van der Waals surface area contributed by atoms with Crippen molar-refractivity contribution >= 4 is 5.78 Å². The highest BCUT2D eigenvalue weighted by molar-refractivity contribution is 5.91. The Morgan fingerprint density at radius 1 is 1.56 bits per heavy atom. The van der Waals surface area contributed by atoms with E-state index in [2.05, 4.69) is 18.9 Å². The Morgan fingerprint density at radius 3 is 2.94 bits per heavy atom. The lowest BCUT2D eigenvalue weighted by atomic mass is 10.2. The minimum Gasteiger partial charge on any atom is -0.294 e. The Balaban J connectivity index is 2.58. The fraction of sp³-hybridized carbons (Fsp3) is 0.538. The standard InChI is InChI=1S/C13H20N2O/c1-4-6-7-13(16)10-12-8-9-15(14-12)11(3)5-2/h6-9,11H,4-5,10H2,1-3H3/b7-6+. The smallest absolute Gasteiger partial charge is 0.161 e. The molecule has 0 spiro atoms. The number of aromatic nitrogens is 2. The molecule has 1 unspecified atom stereocenters. The van der Waals surface area contributed by atoms with Gasteiger partial charge >= 0.3 is 0 Å². The summed E-state index contributed by atoms with van der Waals surface area (Å²) in [5.41, 5.74) is 0.853. The molecule has 0 aliphatic carbocycles. The summed E-state index contributed by atoms with van der Waals surface area (Å²) >= 11 is 0. The first kappa shape index (κ1) is 12.7. The number of nitrogens with zero attached hydrogens (tertiary/aromatic N) is 2. The maximum Gasteiger partial charge on any atom is 0.161 e. The van der Waals surface area contributed by atoms with Gasteiger partial charge in [0.2, 0.25) is 0 Å². The van der Waals surface area contributed by atoms with Crippen molar-refractivity contribution in [2.45, 2.75) is 46.1 Å². The van der Waals surface area contributed by atoms with E-state index in [1.807, 2.05) is 29.9 Å². The van der Waals surface area contributed by atoms with Crippen molar-refractivity contribution in [3.05, 3.63) is 30.1 Å². The molecule has 0 amide bonds. The van der Waals surface area contributed by atoms with Crippen LogP contribution in [0.25, 0.3) is 0 Å². The molecule has 88 valence electrons. The molecule has 0 fully saturated rings. The zero-order chi connectivity index (χ0) is 12.0. The van der Waals surface area contributed by atoms with Gasteiger partial charge in [-0.05, 0) is 31.9 Å². The molecule has 0 saturated heterocycles. The molecule has 1 atom stereocenters. The molecule has 1 heterocycles. The molecule has 1 aromatic rings. The summed E-state index contributed by atoms with van der Waals surface area (Å²) < 4.78 is 1.92. The third-order valence-corrected chi connectivity index (χ3v) is 2.60. The topological polar surface area (TPSA) is 34.9 Å². The molecule has 1 rings (SSSR count). The third kappa shape index (κ3) is 3.65. The fourth-order valence-electron chi connectivity index (χ4n) is 1.39. The number of allylic oxidation sites excluding steroid dienone is 2. The molecule has 1 aromatic heterocycles. The molecule has 16 heavy (non-hydrogen) atoms. The van der Waals surface area contributed by atoms with Crippen LogP contribution < -0.4 is 0 Å². The maximum absolute atomic E-state index is 11.5. The summed E-state index contributed by atoms with van der Waals surface area (Å²) in [6.07, 6.45) is 7.81. The van der Waals surface area contributed by atoms with Crippen LogP contribution in [0.4, 0.5) is 0 Å². The first-order valence-electron chi connectivity index (χ1n) is 5.90. The molecule has 3 heteroatoms. The normalized spacial score (nSPS) is 13.2. The van der Waals surface area contributed by atoms with Crippen LogP contribution in [0.5, 0.6) is 0 Å². The van der Waals surface area contributed by atoms with Crippen LogP contribution in [0.2, 0.25) is 0 Å². The number of rotatable bonds is 6. The summed E-state index contributed by atoms with van der Waals surface area (Å²) in [6.45, 7) is 6.26. The van der Waals surface area contributed by atoms with Gasteiger partial charge in [0.1, 0.15) is 0 Å². The van der Waals surface area contributed by atoms with Crippen LogP contribution in [-0.2, 0) is 11.2 Å². The molecule has 0 saturated carbocycles. The lowest BCUT2D eigenvalue weighted by Gasteiger charge is -2.07. The van der Waals surface area contributed by atoms with Crippen LogP contribution in [0, 0.1) is 0 Å².